The molecule has 2 aromatic carbocycles. The van der Waals surface area contributed by atoms with E-state index in [1.165, 1.54) is 23.3 Å². The van der Waals surface area contributed by atoms with Crippen LogP contribution in [-0.4, -0.2) is 0 Å². The molecule has 2 rings (SSSR count). The van der Waals surface area contributed by atoms with E-state index in [1.807, 2.05) is 38.1 Å². The van der Waals surface area contributed by atoms with Crippen LogP contribution in [0, 0.1) is 6.92 Å². The summed E-state index contributed by atoms with van der Waals surface area (Å²) >= 11 is 0. The lowest BCUT2D eigenvalue weighted by Crippen LogP contribution is -2.18. The van der Waals surface area contributed by atoms with Crippen LogP contribution in [0.5, 0.6) is 0 Å². The Morgan fingerprint density at radius 2 is 1.62 bits per heavy atom. The maximum Gasteiger partial charge on any atom is 0.416 e. The quantitative estimate of drug-likeness (QED) is 0.848. The van der Waals surface area contributed by atoms with Crippen LogP contribution in [0.3, 0.4) is 0 Å². The first-order chi connectivity index (χ1) is 9.88. The van der Waals surface area contributed by atoms with Crippen LogP contribution >= 0.6 is 0 Å². The minimum absolute atomic E-state index is 0.00751. The minimum Gasteiger partial charge on any atom is -0.306 e. The molecule has 0 fully saturated rings. The Kier molecular flexibility index (Phi) is 4.68. The number of hydrogen-bond donors (Lipinski definition) is 1. The van der Waals surface area contributed by atoms with Crippen LogP contribution in [0.2, 0.25) is 0 Å². The van der Waals surface area contributed by atoms with Gasteiger partial charge in [-0.3, -0.25) is 0 Å². The summed E-state index contributed by atoms with van der Waals surface area (Å²) in [7, 11) is 0. The van der Waals surface area contributed by atoms with E-state index in [4.69, 9.17) is 0 Å². The zero-order valence-corrected chi connectivity index (χ0v) is 12.0. The molecule has 1 nitrogen and oxygen atoms in total. The molecule has 0 aromatic heterocycles. The van der Waals surface area contributed by atoms with Gasteiger partial charge in [-0.25, -0.2) is 0 Å². The SMILES string of the molecule is Cc1ccccc1CNC(C)c1ccc(C(F)(F)F)cc1. The lowest BCUT2D eigenvalue weighted by atomic mass is 10.0. The molecule has 4 heteroatoms. The van der Waals surface area contributed by atoms with Crippen molar-refractivity contribution in [2.75, 3.05) is 0 Å². The van der Waals surface area contributed by atoms with E-state index in [-0.39, 0.29) is 6.04 Å². The third-order valence-corrected chi connectivity index (χ3v) is 3.60. The smallest absolute Gasteiger partial charge is 0.306 e. The van der Waals surface area contributed by atoms with Gasteiger partial charge in [-0.05, 0) is 42.7 Å². The van der Waals surface area contributed by atoms with Crippen molar-refractivity contribution in [2.45, 2.75) is 32.6 Å². The van der Waals surface area contributed by atoms with Gasteiger partial charge in [0.1, 0.15) is 0 Å². The molecular formula is C17H18F3N. The minimum atomic E-state index is -4.28. The number of halogens is 3. The third-order valence-electron chi connectivity index (χ3n) is 3.60. The molecule has 0 spiro atoms. The molecule has 112 valence electrons. The van der Waals surface area contributed by atoms with Gasteiger partial charge >= 0.3 is 6.18 Å². The second kappa shape index (κ2) is 6.31. The Labute approximate surface area is 122 Å². The molecular weight excluding hydrogens is 275 g/mol. The molecule has 0 aliphatic rings. The van der Waals surface area contributed by atoms with Crippen molar-refractivity contribution in [1.82, 2.24) is 5.32 Å². The highest BCUT2D eigenvalue weighted by molar-refractivity contribution is 5.28. The van der Waals surface area contributed by atoms with Crippen molar-refractivity contribution in [3.63, 3.8) is 0 Å². The van der Waals surface area contributed by atoms with Gasteiger partial charge in [0.15, 0.2) is 0 Å². The fourth-order valence-corrected chi connectivity index (χ4v) is 2.15. The normalized spacial score (nSPS) is 13.2. The number of rotatable bonds is 4. The van der Waals surface area contributed by atoms with Crippen LogP contribution in [0.1, 0.15) is 35.2 Å². The highest BCUT2D eigenvalue weighted by Crippen LogP contribution is 2.29. The fourth-order valence-electron chi connectivity index (χ4n) is 2.15. The molecule has 0 saturated carbocycles. The van der Waals surface area contributed by atoms with Crippen molar-refractivity contribution in [3.8, 4) is 0 Å². The molecule has 0 bridgehead atoms. The summed E-state index contributed by atoms with van der Waals surface area (Å²) in [5, 5.41) is 3.33. The lowest BCUT2D eigenvalue weighted by Gasteiger charge is -2.16. The number of alkyl halides is 3. The van der Waals surface area contributed by atoms with Crippen molar-refractivity contribution < 1.29 is 13.2 Å². The number of hydrogen-bond acceptors (Lipinski definition) is 1. The summed E-state index contributed by atoms with van der Waals surface area (Å²) < 4.78 is 37.6. The summed E-state index contributed by atoms with van der Waals surface area (Å²) in [6.07, 6.45) is -4.28. The fraction of sp³-hybridized carbons (Fsp3) is 0.294. The first-order valence-corrected chi connectivity index (χ1v) is 6.83. The summed E-state index contributed by atoms with van der Waals surface area (Å²) in [6.45, 7) is 4.68. The molecule has 1 atom stereocenters. The van der Waals surface area contributed by atoms with Crippen molar-refractivity contribution >= 4 is 0 Å². The number of aryl methyl sites for hydroxylation is 1. The highest BCUT2D eigenvalue weighted by Gasteiger charge is 2.30. The van der Waals surface area contributed by atoms with Gasteiger partial charge in [-0.2, -0.15) is 13.2 Å². The molecule has 1 N–H and O–H groups in total. The van der Waals surface area contributed by atoms with Gasteiger partial charge in [0, 0.05) is 12.6 Å². The average Bonchev–Trinajstić information content (AvgIpc) is 2.45. The predicted molar refractivity (Wildman–Crippen MR) is 77.9 cm³/mol. The molecule has 0 saturated heterocycles. The molecule has 1 unspecified atom stereocenters. The summed E-state index contributed by atoms with van der Waals surface area (Å²) in [6, 6.07) is 13.3. The Balaban J connectivity index is 2.01. The first-order valence-electron chi connectivity index (χ1n) is 6.83. The number of nitrogens with one attached hydrogen (secondary N) is 1. The van der Waals surface area contributed by atoms with E-state index in [1.54, 1.807) is 0 Å². The standard InChI is InChI=1S/C17H18F3N/c1-12-5-3-4-6-15(12)11-21-13(2)14-7-9-16(10-8-14)17(18,19)20/h3-10,13,21H,11H2,1-2H3. The zero-order valence-electron chi connectivity index (χ0n) is 12.0. The van der Waals surface area contributed by atoms with Gasteiger partial charge in [0.2, 0.25) is 0 Å². The lowest BCUT2D eigenvalue weighted by molar-refractivity contribution is -0.137. The van der Waals surface area contributed by atoms with Crippen molar-refractivity contribution in [2.24, 2.45) is 0 Å². The average molecular weight is 293 g/mol. The number of benzene rings is 2. The molecule has 0 amide bonds. The van der Waals surface area contributed by atoms with Gasteiger partial charge < -0.3 is 5.32 Å². The van der Waals surface area contributed by atoms with Gasteiger partial charge in [0.25, 0.3) is 0 Å². The maximum atomic E-state index is 12.5. The van der Waals surface area contributed by atoms with E-state index in [0.717, 1.165) is 17.7 Å². The molecule has 0 aliphatic carbocycles. The summed E-state index contributed by atoms with van der Waals surface area (Å²) in [4.78, 5) is 0. The van der Waals surface area contributed by atoms with E-state index in [9.17, 15) is 13.2 Å². The van der Waals surface area contributed by atoms with E-state index < -0.39 is 11.7 Å². The second-order valence-electron chi connectivity index (χ2n) is 5.15. The van der Waals surface area contributed by atoms with Crippen LogP contribution in [-0.2, 0) is 12.7 Å². The van der Waals surface area contributed by atoms with Gasteiger partial charge in [0.05, 0.1) is 5.56 Å². The van der Waals surface area contributed by atoms with Crippen molar-refractivity contribution in [1.29, 1.82) is 0 Å². The third kappa shape index (κ3) is 4.08. The molecule has 21 heavy (non-hydrogen) atoms. The second-order valence-corrected chi connectivity index (χ2v) is 5.15. The Bertz CT molecular complexity index is 588. The summed E-state index contributed by atoms with van der Waals surface area (Å²) in [5.41, 5.74) is 2.62. The molecule has 0 aliphatic heterocycles. The highest BCUT2D eigenvalue weighted by atomic mass is 19.4. The zero-order chi connectivity index (χ0) is 15.5. The Morgan fingerprint density at radius 1 is 1.00 bits per heavy atom. The molecule has 2 aromatic rings. The first kappa shape index (κ1) is 15.6. The molecule has 0 heterocycles. The maximum absolute atomic E-state index is 12.5. The van der Waals surface area contributed by atoms with E-state index >= 15 is 0 Å². The van der Waals surface area contributed by atoms with Crippen LogP contribution in [0.25, 0.3) is 0 Å². The molecule has 0 radical (unpaired) electrons. The van der Waals surface area contributed by atoms with Crippen molar-refractivity contribution in [3.05, 3.63) is 70.8 Å². The topological polar surface area (TPSA) is 12.0 Å². The largest absolute Gasteiger partial charge is 0.416 e. The van der Waals surface area contributed by atoms with Crippen LogP contribution < -0.4 is 5.32 Å². The van der Waals surface area contributed by atoms with Gasteiger partial charge in [-0.1, -0.05) is 36.4 Å². The van der Waals surface area contributed by atoms with Crippen LogP contribution in [0.4, 0.5) is 13.2 Å². The van der Waals surface area contributed by atoms with Gasteiger partial charge in [-0.15, -0.1) is 0 Å². The monoisotopic (exact) mass is 293 g/mol. The Morgan fingerprint density at radius 3 is 2.19 bits per heavy atom. The van der Waals surface area contributed by atoms with Crippen LogP contribution in [0.15, 0.2) is 48.5 Å². The van der Waals surface area contributed by atoms with E-state index in [0.29, 0.717) is 6.54 Å². The summed E-state index contributed by atoms with van der Waals surface area (Å²) in [5.74, 6) is 0. The predicted octanol–water partition coefficient (Wildman–Crippen LogP) is 4.86. The van der Waals surface area contributed by atoms with E-state index in [2.05, 4.69) is 5.32 Å². The Hall–Kier alpha value is -1.81.